The Labute approximate surface area is 233 Å². The number of imide groups is 2. The fourth-order valence-corrected chi connectivity index (χ4v) is 3.78. The number of nitrogens with one attached hydrogen (secondary N) is 1. The highest BCUT2D eigenvalue weighted by atomic mass is 16.2. The van der Waals surface area contributed by atoms with E-state index in [9.17, 15) is 28.8 Å². The third kappa shape index (κ3) is 7.37. The summed E-state index contributed by atoms with van der Waals surface area (Å²) in [5.74, 6) is -2.96. The minimum atomic E-state index is -1.05. The van der Waals surface area contributed by atoms with Gasteiger partial charge in [-0.2, -0.15) is 0 Å². The van der Waals surface area contributed by atoms with E-state index in [-0.39, 0.29) is 25.2 Å². The van der Waals surface area contributed by atoms with Crippen LogP contribution in [-0.2, 0) is 19.2 Å². The molecule has 0 saturated carbocycles. The van der Waals surface area contributed by atoms with Crippen LogP contribution in [0.3, 0.4) is 0 Å². The predicted molar refractivity (Wildman–Crippen MR) is 151 cm³/mol. The highest BCUT2D eigenvalue weighted by Gasteiger charge is 2.35. The highest BCUT2D eigenvalue weighted by molar-refractivity contribution is 6.45. The van der Waals surface area contributed by atoms with E-state index in [0.717, 1.165) is 14.7 Å². The SMILES string of the molecule is CCNC(=O)N(CC)C(=O)C(=Cc1ccccc1)C(=O)C(=C([C]=O)C(=O)N(CC)C(=O)N(C)C)c1ccccc1. The summed E-state index contributed by atoms with van der Waals surface area (Å²) in [7, 11) is 2.88. The Hall–Kier alpha value is -4.86. The second kappa shape index (κ2) is 14.9. The summed E-state index contributed by atoms with van der Waals surface area (Å²) in [4.78, 5) is 82.0. The smallest absolute Gasteiger partial charge is 0.326 e. The minimum absolute atomic E-state index is 0.0546. The molecule has 1 N–H and O–H groups in total. The Morgan fingerprint density at radius 2 is 1.35 bits per heavy atom. The molecule has 0 aliphatic carbocycles. The van der Waals surface area contributed by atoms with E-state index in [0.29, 0.717) is 5.56 Å². The average Bonchev–Trinajstić information content (AvgIpc) is 2.95. The van der Waals surface area contributed by atoms with E-state index >= 15 is 0 Å². The Morgan fingerprint density at radius 3 is 1.82 bits per heavy atom. The molecule has 2 rings (SSSR count). The standard InChI is InChI=1S/C30H33N4O6/c1-6-31-29(39)33(7-2)27(37)23(19-21-15-11-9-12-16-21)26(36)25(22-17-13-10-14-18-22)24(20-35)28(38)34(8-3)30(40)32(4)5/h9-19H,6-8H2,1-5H3,(H,31,39). The van der Waals surface area contributed by atoms with Crippen molar-refractivity contribution in [2.45, 2.75) is 20.8 Å². The number of benzene rings is 2. The van der Waals surface area contributed by atoms with Gasteiger partial charge in [0.15, 0.2) is 5.78 Å². The van der Waals surface area contributed by atoms with Crippen molar-refractivity contribution in [1.82, 2.24) is 20.0 Å². The molecule has 0 aliphatic rings. The molecule has 10 heteroatoms. The van der Waals surface area contributed by atoms with Crippen LogP contribution in [0.4, 0.5) is 9.59 Å². The molecule has 10 nitrogen and oxygen atoms in total. The molecule has 1 radical (unpaired) electrons. The largest absolute Gasteiger partial charge is 0.338 e. The quantitative estimate of drug-likeness (QED) is 0.278. The lowest BCUT2D eigenvalue weighted by Crippen LogP contribution is -2.45. The van der Waals surface area contributed by atoms with Gasteiger partial charge >= 0.3 is 12.1 Å². The number of carbonyl (C=O) groups is 5. The van der Waals surface area contributed by atoms with Gasteiger partial charge in [-0.3, -0.25) is 29.0 Å². The van der Waals surface area contributed by atoms with Crippen molar-refractivity contribution in [2.75, 3.05) is 33.7 Å². The molecule has 40 heavy (non-hydrogen) atoms. The monoisotopic (exact) mass is 545 g/mol. The van der Waals surface area contributed by atoms with Crippen molar-refractivity contribution in [3.8, 4) is 0 Å². The molecule has 0 aromatic heterocycles. The second-order valence-corrected chi connectivity index (χ2v) is 8.63. The van der Waals surface area contributed by atoms with Crippen LogP contribution in [0.1, 0.15) is 31.9 Å². The maximum Gasteiger partial charge on any atom is 0.326 e. The summed E-state index contributed by atoms with van der Waals surface area (Å²) < 4.78 is 0. The number of hydrogen-bond acceptors (Lipinski definition) is 6. The number of hydrogen-bond donors (Lipinski definition) is 1. The van der Waals surface area contributed by atoms with Crippen LogP contribution in [0.25, 0.3) is 11.6 Å². The Kier molecular flexibility index (Phi) is 11.7. The number of amides is 6. The number of ketones is 1. The van der Waals surface area contributed by atoms with Crippen LogP contribution >= 0.6 is 0 Å². The van der Waals surface area contributed by atoms with Crippen molar-refractivity contribution in [3.63, 3.8) is 0 Å². The van der Waals surface area contributed by atoms with Gasteiger partial charge in [-0.1, -0.05) is 60.7 Å². The van der Waals surface area contributed by atoms with Gasteiger partial charge in [-0.25, -0.2) is 9.59 Å². The number of carbonyl (C=O) groups excluding carboxylic acids is 6. The van der Waals surface area contributed by atoms with Gasteiger partial charge in [-0.15, -0.1) is 0 Å². The van der Waals surface area contributed by atoms with E-state index in [1.165, 1.54) is 32.3 Å². The van der Waals surface area contributed by atoms with Crippen LogP contribution in [0.5, 0.6) is 0 Å². The summed E-state index contributed by atoms with van der Waals surface area (Å²) in [6, 6.07) is 14.9. The molecule has 0 aliphatic heterocycles. The molecule has 0 atom stereocenters. The van der Waals surface area contributed by atoms with E-state index in [1.807, 2.05) is 0 Å². The molecule has 0 heterocycles. The molecule has 0 fully saturated rings. The van der Waals surface area contributed by atoms with Crippen molar-refractivity contribution >= 4 is 47.6 Å². The van der Waals surface area contributed by atoms with Crippen molar-refractivity contribution < 1.29 is 28.8 Å². The molecule has 0 unspecified atom stereocenters. The number of Topliss-reactive ketones (excluding diaryl/α,β-unsaturated/α-hetero) is 1. The lowest BCUT2D eigenvalue weighted by atomic mass is 9.90. The van der Waals surface area contributed by atoms with Crippen LogP contribution in [0.15, 0.2) is 71.8 Å². The van der Waals surface area contributed by atoms with E-state index < -0.39 is 46.4 Å². The zero-order valence-electron chi connectivity index (χ0n) is 23.3. The maximum absolute atomic E-state index is 14.3. The zero-order valence-corrected chi connectivity index (χ0v) is 23.3. The number of rotatable bonds is 10. The van der Waals surface area contributed by atoms with Gasteiger partial charge in [0.1, 0.15) is 5.57 Å². The lowest BCUT2D eigenvalue weighted by Gasteiger charge is -2.24. The zero-order chi connectivity index (χ0) is 29.8. The molecule has 6 amide bonds. The van der Waals surface area contributed by atoms with Crippen molar-refractivity contribution in [1.29, 1.82) is 0 Å². The Bertz CT molecular complexity index is 1320. The molecule has 0 spiro atoms. The minimum Gasteiger partial charge on any atom is -0.338 e. The first-order valence-corrected chi connectivity index (χ1v) is 12.7. The summed E-state index contributed by atoms with van der Waals surface area (Å²) in [6.07, 6.45) is 2.85. The second-order valence-electron chi connectivity index (χ2n) is 8.63. The molecule has 0 bridgehead atoms. The van der Waals surface area contributed by atoms with Gasteiger partial charge in [-0.05, 0) is 38.0 Å². The van der Waals surface area contributed by atoms with E-state index in [2.05, 4.69) is 5.32 Å². The highest BCUT2D eigenvalue weighted by Crippen LogP contribution is 2.26. The van der Waals surface area contributed by atoms with Crippen molar-refractivity contribution in [3.05, 3.63) is 82.9 Å². The predicted octanol–water partition coefficient (Wildman–Crippen LogP) is 3.31. The number of allylic oxidation sites excluding steroid dienone is 1. The summed E-state index contributed by atoms with van der Waals surface area (Å²) in [5.41, 5.74) is -0.977. The molecule has 0 saturated heterocycles. The van der Waals surface area contributed by atoms with E-state index in [4.69, 9.17) is 0 Å². The third-order valence-corrected chi connectivity index (χ3v) is 5.75. The van der Waals surface area contributed by atoms with Crippen LogP contribution in [0.2, 0.25) is 0 Å². The van der Waals surface area contributed by atoms with Gasteiger partial charge in [0.25, 0.3) is 11.8 Å². The first-order chi connectivity index (χ1) is 19.1. The molecular formula is C30H33N4O6. The van der Waals surface area contributed by atoms with Crippen LogP contribution < -0.4 is 5.32 Å². The summed E-state index contributed by atoms with van der Waals surface area (Å²) in [6.45, 7) is 4.90. The molecule has 2 aromatic carbocycles. The Morgan fingerprint density at radius 1 is 0.800 bits per heavy atom. The van der Waals surface area contributed by atoms with Gasteiger partial charge < -0.3 is 10.2 Å². The summed E-state index contributed by atoms with van der Waals surface area (Å²) in [5, 5.41) is 2.54. The topological polar surface area (TPSA) is 124 Å². The number of likely N-dealkylation sites (N-methyl/N-ethyl adjacent to an activating group) is 2. The normalized spacial score (nSPS) is 11.6. The first-order valence-electron chi connectivity index (χ1n) is 12.7. The first kappa shape index (κ1) is 31.4. The van der Waals surface area contributed by atoms with Crippen LogP contribution in [-0.4, -0.2) is 84.4 Å². The van der Waals surface area contributed by atoms with Crippen molar-refractivity contribution in [2.24, 2.45) is 0 Å². The average molecular weight is 546 g/mol. The number of urea groups is 2. The lowest BCUT2D eigenvalue weighted by molar-refractivity contribution is -0.127. The van der Waals surface area contributed by atoms with E-state index in [1.54, 1.807) is 75.6 Å². The van der Waals surface area contributed by atoms with Crippen LogP contribution in [0, 0.1) is 0 Å². The van der Waals surface area contributed by atoms with Gasteiger partial charge in [0.05, 0.1) is 5.57 Å². The number of nitrogens with zero attached hydrogens (tertiary/aromatic N) is 3. The summed E-state index contributed by atoms with van der Waals surface area (Å²) >= 11 is 0. The fourth-order valence-electron chi connectivity index (χ4n) is 3.78. The van der Waals surface area contributed by atoms with Gasteiger partial charge in [0.2, 0.25) is 6.29 Å². The van der Waals surface area contributed by atoms with Gasteiger partial charge in [0, 0.05) is 39.3 Å². The molecule has 2 aromatic rings. The molecule has 209 valence electrons. The molecular weight excluding hydrogens is 512 g/mol. The Balaban J connectivity index is 2.88. The maximum atomic E-state index is 14.3. The third-order valence-electron chi connectivity index (χ3n) is 5.75. The fraction of sp³-hybridized carbons (Fsp3) is 0.267.